The van der Waals surface area contributed by atoms with Crippen molar-refractivity contribution in [2.75, 3.05) is 17.7 Å². The van der Waals surface area contributed by atoms with Crippen molar-refractivity contribution in [1.29, 1.82) is 0 Å². The maximum absolute atomic E-state index is 12.2. The third-order valence-electron chi connectivity index (χ3n) is 2.83. The van der Waals surface area contributed by atoms with E-state index in [1.807, 2.05) is 14.0 Å². The Morgan fingerprint density at radius 3 is 2.85 bits per heavy atom. The highest BCUT2D eigenvalue weighted by Gasteiger charge is 2.13. The molecule has 0 fully saturated rings. The maximum atomic E-state index is 12.2. The van der Waals surface area contributed by atoms with Crippen molar-refractivity contribution in [3.63, 3.8) is 0 Å². The summed E-state index contributed by atoms with van der Waals surface area (Å²) in [6.07, 6.45) is 4.00. The molecule has 0 atom stereocenters. The van der Waals surface area contributed by atoms with Gasteiger partial charge in [0.1, 0.15) is 5.82 Å². The van der Waals surface area contributed by atoms with E-state index in [0.717, 1.165) is 12.1 Å². The smallest absolute Gasteiger partial charge is 0.257 e. The normalized spacial score (nSPS) is 10.4. The summed E-state index contributed by atoms with van der Waals surface area (Å²) in [7, 11) is 3.53. The van der Waals surface area contributed by atoms with E-state index in [9.17, 15) is 4.79 Å². The molecular weight excluding hydrogens is 278 g/mol. The fraction of sp³-hybridized carbons (Fsp3) is 0.308. The number of nitrogens with one attached hydrogen (secondary N) is 2. The van der Waals surface area contributed by atoms with E-state index in [4.69, 9.17) is 11.6 Å². The highest BCUT2D eigenvalue weighted by Crippen LogP contribution is 2.21. The molecule has 0 unspecified atom stereocenters. The van der Waals surface area contributed by atoms with Crippen LogP contribution in [0.5, 0.6) is 0 Å². The first-order valence-electron chi connectivity index (χ1n) is 6.22. The van der Waals surface area contributed by atoms with Crippen molar-refractivity contribution in [3.8, 4) is 0 Å². The van der Waals surface area contributed by atoms with Gasteiger partial charge in [0, 0.05) is 26.5 Å². The number of hydrogen-bond donors (Lipinski definition) is 2. The van der Waals surface area contributed by atoms with Crippen LogP contribution in [0, 0.1) is 0 Å². The molecule has 0 spiro atoms. The Labute approximate surface area is 122 Å². The molecule has 0 aliphatic heterocycles. The molecule has 0 aromatic carbocycles. The monoisotopic (exact) mass is 293 g/mol. The Hall–Kier alpha value is -2.08. The molecule has 0 saturated heterocycles. The third kappa shape index (κ3) is 2.91. The number of hydrogen-bond acceptors (Lipinski definition) is 4. The minimum Gasteiger partial charge on any atom is -0.372 e. The molecule has 106 valence electrons. The van der Waals surface area contributed by atoms with Crippen LogP contribution in [-0.4, -0.2) is 27.7 Å². The molecule has 0 aliphatic carbocycles. The van der Waals surface area contributed by atoms with Crippen molar-refractivity contribution < 1.29 is 4.79 Å². The average molecular weight is 294 g/mol. The molecule has 2 heterocycles. The molecule has 1 amide bonds. The Morgan fingerprint density at radius 2 is 2.25 bits per heavy atom. The van der Waals surface area contributed by atoms with E-state index < -0.39 is 0 Å². The van der Waals surface area contributed by atoms with E-state index in [-0.39, 0.29) is 5.91 Å². The minimum absolute atomic E-state index is 0.259. The summed E-state index contributed by atoms with van der Waals surface area (Å²) in [5, 5.41) is 10.3. The number of aryl methyl sites for hydroxylation is 2. The first-order valence-corrected chi connectivity index (χ1v) is 6.60. The summed E-state index contributed by atoms with van der Waals surface area (Å²) in [4.78, 5) is 16.3. The summed E-state index contributed by atoms with van der Waals surface area (Å²) < 4.78 is 1.67. The predicted molar refractivity (Wildman–Crippen MR) is 79.3 cm³/mol. The number of carbonyl (C=O) groups excluding carboxylic acids is 1. The van der Waals surface area contributed by atoms with Gasteiger partial charge in [-0.1, -0.05) is 18.5 Å². The van der Waals surface area contributed by atoms with Crippen LogP contribution in [0.4, 0.5) is 11.5 Å². The highest BCUT2D eigenvalue weighted by atomic mass is 35.5. The van der Waals surface area contributed by atoms with Gasteiger partial charge in [0.2, 0.25) is 0 Å². The third-order valence-corrected chi connectivity index (χ3v) is 3.12. The van der Waals surface area contributed by atoms with Crippen molar-refractivity contribution >= 4 is 29.0 Å². The Bertz CT molecular complexity index is 638. The van der Waals surface area contributed by atoms with Crippen LogP contribution in [0.1, 0.15) is 23.0 Å². The Morgan fingerprint density at radius 1 is 1.50 bits per heavy atom. The second-order valence-corrected chi connectivity index (χ2v) is 4.68. The zero-order chi connectivity index (χ0) is 14.7. The van der Waals surface area contributed by atoms with Gasteiger partial charge in [-0.3, -0.25) is 9.48 Å². The van der Waals surface area contributed by atoms with Crippen molar-refractivity contribution in [3.05, 3.63) is 34.7 Å². The standard InChI is InChI=1S/C13H16ClN5O/c1-4-10-11(7-19(3)18-10)17-13(20)8-5-9(14)12(15-2)16-6-8/h5-7H,4H2,1-3H3,(H,15,16)(H,17,20). The van der Waals surface area contributed by atoms with Crippen LogP contribution in [0.15, 0.2) is 18.5 Å². The van der Waals surface area contributed by atoms with Crippen molar-refractivity contribution in [1.82, 2.24) is 14.8 Å². The van der Waals surface area contributed by atoms with Crippen LogP contribution in [0.2, 0.25) is 5.02 Å². The first kappa shape index (κ1) is 14.3. The first-order chi connectivity index (χ1) is 9.55. The molecule has 0 saturated carbocycles. The van der Waals surface area contributed by atoms with Gasteiger partial charge < -0.3 is 10.6 Å². The Kier molecular flexibility index (Phi) is 4.24. The van der Waals surface area contributed by atoms with Crippen LogP contribution in [0.3, 0.4) is 0 Å². The molecule has 20 heavy (non-hydrogen) atoms. The topological polar surface area (TPSA) is 71.8 Å². The summed E-state index contributed by atoms with van der Waals surface area (Å²) in [5.41, 5.74) is 1.94. The molecule has 0 radical (unpaired) electrons. The molecule has 2 N–H and O–H groups in total. The largest absolute Gasteiger partial charge is 0.372 e. The molecule has 2 aromatic heterocycles. The van der Waals surface area contributed by atoms with Crippen molar-refractivity contribution in [2.24, 2.45) is 7.05 Å². The number of anilines is 2. The number of rotatable bonds is 4. The van der Waals surface area contributed by atoms with Gasteiger partial charge in [0.15, 0.2) is 0 Å². The molecular formula is C13H16ClN5O. The lowest BCUT2D eigenvalue weighted by Crippen LogP contribution is -2.13. The lowest BCUT2D eigenvalue weighted by molar-refractivity contribution is 0.102. The lowest BCUT2D eigenvalue weighted by Gasteiger charge is -2.06. The predicted octanol–water partition coefficient (Wildman–Crippen LogP) is 2.32. The molecule has 2 aromatic rings. The van der Waals surface area contributed by atoms with Gasteiger partial charge in [0.25, 0.3) is 5.91 Å². The van der Waals surface area contributed by atoms with Crippen LogP contribution < -0.4 is 10.6 Å². The number of halogens is 1. The second-order valence-electron chi connectivity index (χ2n) is 4.28. The highest BCUT2D eigenvalue weighted by molar-refractivity contribution is 6.33. The van der Waals surface area contributed by atoms with E-state index in [0.29, 0.717) is 22.1 Å². The fourth-order valence-corrected chi connectivity index (χ4v) is 2.10. The van der Waals surface area contributed by atoms with Gasteiger partial charge in [-0.15, -0.1) is 0 Å². The molecule has 2 rings (SSSR count). The van der Waals surface area contributed by atoms with Gasteiger partial charge in [0.05, 0.1) is 22.0 Å². The van der Waals surface area contributed by atoms with Crippen LogP contribution in [-0.2, 0) is 13.5 Å². The lowest BCUT2D eigenvalue weighted by atomic mass is 10.2. The van der Waals surface area contributed by atoms with Crippen LogP contribution in [0.25, 0.3) is 0 Å². The number of amides is 1. The van der Waals surface area contributed by atoms with Gasteiger partial charge in [-0.25, -0.2) is 4.98 Å². The van der Waals surface area contributed by atoms with E-state index in [2.05, 4.69) is 20.7 Å². The second kappa shape index (κ2) is 5.92. The van der Waals surface area contributed by atoms with Crippen LogP contribution >= 0.6 is 11.6 Å². The number of nitrogens with zero attached hydrogens (tertiary/aromatic N) is 3. The zero-order valence-corrected chi connectivity index (χ0v) is 12.3. The van der Waals surface area contributed by atoms with Crippen molar-refractivity contribution in [2.45, 2.75) is 13.3 Å². The molecule has 6 nitrogen and oxygen atoms in total. The number of pyridine rings is 1. The minimum atomic E-state index is -0.259. The zero-order valence-electron chi connectivity index (χ0n) is 11.6. The maximum Gasteiger partial charge on any atom is 0.257 e. The quantitative estimate of drug-likeness (QED) is 0.907. The van der Waals surface area contributed by atoms with E-state index in [1.54, 1.807) is 24.0 Å². The number of aromatic nitrogens is 3. The molecule has 7 heteroatoms. The summed E-state index contributed by atoms with van der Waals surface area (Å²) in [6.45, 7) is 1.98. The average Bonchev–Trinajstić information content (AvgIpc) is 2.78. The number of carbonyl (C=O) groups is 1. The van der Waals surface area contributed by atoms with Gasteiger partial charge >= 0.3 is 0 Å². The Balaban J connectivity index is 2.21. The van der Waals surface area contributed by atoms with Gasteiger partial charge in [-0.2, -0.15) is 5.10 Å². The summed E-state index contributed by atoms with van der Waals surface area (Å²) in [6, 6.07) is 1.58. The molecule has 0 aliphatic rings. The van der Waals surface area contributed by atoms with Gasteiger partial charge in [-0.05, 0) is 12.5 Å². The van der Waals surface area contributed by atoms with E-state index in [1.165, 1.54) is 6.20 Å². The fourth-order valence-electron chi connectivity index (χ4n) is 1.84. The summed E-state index contributed by atoms with van der Waals surface area (Å²) >= 11 is 6.02. The summed E-state index contributed by atoms with van der Waals surface area (Å²) in [5.74, 6) is 0.281. The van der Waals surface area contributed by atoms with E-state index >= 15 is 0 Å². The molecule has 0 bridgehead atoms. The SMILES string of the molecule is CCc1nn(C)cc1NC(=O)c1cnc(NC)c(Cl)c1.